The van der Waals surface area contributed by atoms with Crippen molar-refractivity contribution >= 4 is 15.8 Å². The Morgan fingerprint density at radius 1 is 1.44 bits per heavy atom. The lowest BCUT2D eigenvalue weighted by Gasteiger charge is -2.27. The number of halogens is 1. The maximum absolute atomic E-state index is 13.4. The summed E-state index contributed by atoms with van der Waals surface area (Å²) in [5.74, 6) is -0.831. The van der Waals surface area contributed by atoms with Crippen LogP contribution in [0.1, 0.15) is 17.5 Å². The molecule has 25 heavy (non-hydrogen) atoms. The van der Waals surface area contributed by atoms with Gasteiger partial charge in [-0.2, -0.15) is 14.5 Å². The molecule has 0 bridgehead atoms. The van der Waals surface area contributed by atoms with E-state index in [1.807, 2.05) is 4.90 Å². The summed E-state index contributed by atoms with van der Waals surface area (Å²) in [5, 5.41) is 14.3. The highest BCUT2D eigenvalue weighted by atomic mass is 32.2. The molecule has 3 heterocycles. The molecule has 2 aromatic rings. The quantitative estimate of drug-likeness (QED) is 0.777. The second kappa shape index (κ2) is 6.56. The van der Waals surface area contributed by atoms with E-state index in [2.05, 4.69) is 15.1 Å². The Kier molecular flexibility index (Phi) is 4.60. The minimum Gasteiger partial charge on any atom is -0.479 e. The maximum Gasteiger partial charge on any atom is 0.255 e. The van der Waals surface area contributed by atoms with Crippen LogP contribution in [0.4, 0.5) is 10.3 Å². The predicted octanol–water partition coefficient (Wildman–Crippen LogP) is -0.0810. The highest BCUT2D eigenvalue weighted by molar-refractivity contribution is 7.90. The van der Waals surface area contributed by atoms with E-state index in [1.54, 1.807) is 10.7 Å². The molecule has 0 aromatic carbocycles. The fraction of sp³-hybridized carbons (Fsp3) is 0.500. The largest absolute Gasteiger partial charge is 0.479 e. The topological polar surface area (TPSA) is 110 Å². The zero-order valence-corrected chi connectivity index (χ0v) is 14.6. The number of aromatic nitrogens is 4. The average molecular weight is 371 g/mol. The Morgan fingerprint density at radius 2 is 2.20 bits per heavy atom. The van der Waals surface area contributed by atoms with E-state index >= 15 is 0 Å². The van der Waals surface area contributed by atoms with Crippen LogP contribution in [0.15, 0.2) is 12.3 Å². The first kappa shape index (κ1) is 17.5. The normalized spacial score (nSPS) is 15.8. The second-order valence-electron chi connectivity index (χ2n) is 5.84. The lowest BCUT2D eigenvalue weighted by Crippen LogP contribution is -2.35. The molecule has 9 nitrogen and oxygen atoms in total. The number of rotatable bonds is 5. The SMILES string of the molecule is COc1nc(N2CCn3nc([C@@H](O)CS(C)(=O)=O)cc3C2)ncc1F. The van der Waals surface area contributed by atoms with Gasteiger partial charge in [0.1, 0.15) is 15.9 Å². The van der Waals surface area contributed by atoms with Crippen LogP contribution in [0.5, 0.6) is 5.88 Å². The molecular formula is C14H18FN5O4S. The van der Waals surface area contributed by atoms with Gasteiger partial charge in [0.2, 0.25) is 11.8 Å². The van der Waals surface area contributed by atoms with E-state index < -0.39 is 21.8 Å². The van der Waals surface area contributed by atoms with Crippen LogP contribution in [-0.4, -0.2) is 58.9 Å². The van der Waals surface area contributed by atoms with Gasteiger partial charge < -0.3 is 14.7 Å². The van der Waals surface area contributed by atoms with Crippen molar-refractivity contribution < 1.29 is 22.7 Å². The van der Waals surface area contributed by atoms with Crippen LogP contribution in [-0.2, 0) is 22.9 Å². The summed E-state index contributed by atoms with van der Waals surface area (Å²) in [4.78, 5) is 9.84. The van der Waals surface area contributed by atoms with Gasteiger partial charge in [-0.25, -0.2) is 13.4 Å². The van der Waals surface area contributed by atoms with Crippen LogP contribution >= 0.6 is 0 Å². The average Bonchev–Trinajstić information content (AvgIpc) is 2.97. The molecule has 0 spiro atoms. The fourth-order valence-corrected chi connectivity index (χ4v) is 3.38. The Bertz CT molecular complexity index is 885. The summed E-state index contributed by atoms with van der Waals surface area (Å²) in [6.45, 7) is 1.43. The number of ether oxygens (including phenoxy) is 1. The van der Waals surface area contributed by atoms with E-state index in [-0.39, 0.29) is 11.6 Å². The first-order valence-electron chi connectivity index (χ1n) is 7.50. The number of sulfone groups is 1. The number of hydrogen-bond donors (Lipinski definition) is 1. The molecule has 2 aromatic heterocycles. The molecular weight excluding hydrogens is 353 g/mol. The van der Waals surface area contributed by atoms with Crippen molar-refractivity contribution in [2.24, 2.45) is 0 Å². The zero-order chi connectivity index (χ0) is 18.2. The van der Waals surface area contributed by atoms with Crippen LogP contribution in [0.25, 0.3) is 0 Å². The molecule has 0 unspecified atom stereocenters. The summed E-state index contributed by atoms with van der Waals surface area (Å²) in [5.41, 5.74) is 1.08. The smallest absolute Gasteiger partial charge is 0.255 e. The Morgan fingerprint density at radius 3 is 2.88 bits per heavy atom. The fourth-order valence-electron chi connectivity index (χ4n) is 2.63. The zero-order valence-electron chi connectivity index (χ0n) is 13.8. The number of hydrogen-bond acceptors (Lipinski definition) is 8. The van der Waals surface area contributed by atoms with Gasteiger partial charge in [0.25, 0.3) is 5.88 Å². The van der Waals surface area contributed by atoms with Crippen molar-refractivity contribution in [3.8, 4) is 5.88 Å². The highest BCUT2D eigenvalue weighted by Gasteiger charge is 2.24. The lowest BCUT2D eigenvalue weighted by atomic mass is 10.2. The summed E-state index contributed by atoms with van der Waals surface area (Å²) in [7, 11) is -1.99. The second-order valence-corrected chi connectivity index (χ2v) is 8.03. The Hall–Kier alpha value is -2.27. The number of anilines is 1. The molecule has 0 saturated carbocycles. The third kappa shape index (κ3) is 3.87. The van der Waals surface area contributed by atoms with E-state index in [0.29, 0.717) is 31.3 Å². The number of aliphatic hydroxyl groups is 1. The Labute approximate surface area is 144 Å². The molecule has 1 aliphatic heterocycles. The van der Waals surface area contributed by atoms with Gasteiger partial charge in [0, 0.05) is 12.8 Å². The van der Waals surface area contributed by atoms with Crippen LogP contribution in [0.2, 0.25) is 0 Å². The van der Waals surface area contributed by atoms with Crippen molar-refractivity contribution in [1.29, 1.82) is 0 Å². The number of nitrogens with zero attached hydrogens (tertiary/aromatic N) is 5. The van der Waals surface area contributed by atoms with E-state index in [1.165, 1.54) is 7.11 Å². The molecule has 0 radical (unpaired) electrons. The van der Waals surface area contributed by atoms with Gasteiger partial charge in [-0.1, -0.05) is 0 Å². The molecule has 1 atom stereocenters. The summed E-state index contributed by atoms with van der Waals surface area (Å²) >= 11 is 0. The van der Waals surface area contributed by atoms with Gasteiger partial charge in [0.05, 0.1) is 43.5 Å². The number of aliphatic hydroxyl groups excluding tert-OH is 1. The molecule has 3 rings (SSSR count). The van der Waals surface area contributed by atoms with Gasteiger partial charge in [-0.15, -0.1) is 0 Å². The molecule has 11 heteroatoms. The summed E-state index contributed by atoms with van der Waals surface area (Å²) in [6.07, 6.45) is 0.936. The van der Waals surface area contributed by atoms with Crippen molar-refractivity contribution in [2.75, 3.05) is 30.6 Å². The molecule has 0 amide bonds. The number of methoxy groups -OCH3 is 1. The van der Waals surface area contributed by atoms with Crippen LogP contribution in [0.3, 0.4) is 0 Å². The maximum atomic E-state index is 13.4. The van der Waals surface area contributed by atoms with Crippen molar-refractivity contribution in [1.82, 2.24) is 19.7 Å². The molecule has 1 aliphatic rings. The van der Waals surface area contributed by atoms with Crippen molar-refractivity contribution in [2.45, 2.75) is 19.2 Å². The molecule has 0 fully saturated rings. The number of fused-ring (bicyclic) bond motifs is 1. The molecule has 0 saturated heterocycles. The summed E-state index contributed by atoms with van der Waals surface area (Å²) in [6, 6.07) is 1.66. The van der Waals surface area contributed by atoms with Crippen LogP contribution in [0, 0.1) is 5.82 Å². The molecule has 0 aliphatic carbocycles. The van der Waals surface area contributed by atoms with Gasteiger partial charge in [-0.05, 0) is 6.07 Å². The van der Waals surface area contributed by atoms with Crippen molar-refractivity contribution in [3.63, 3.8) is 0 Å². The first-order valence-corrected chi connectivity index (χ1v) is 9.57. The van der Waals surface area contributed by atoms with Gasteiger partial charge >= 0.3 is 0 Å². The summed E-state index contributed by atoms with van der Waals surface area (Å²) < 4.78 is 42.7. The minimum absolute atomic E-state index is 0.131. The standard InChI is InChI=1S/C14H18FN5O4S/c1-24-13-10(15)6-16-14(17-13)19-3-4-20-9(7-19)5-11(18-20)12(21)8-25(2,22)23/h5-6,12,21H,3-4,7-8H2,1-2H3/t12-/m0/s1. The van der Waals surface area contributed by atoms with Gasteiger partial charge in [-0.3, -0.25) is 4.68 Å². The highest BCUT2D eigenvalue weighted by Crippen LogP contribution is 2.23. The molecule has 136 valence electrons. The third-order valence-electron chi connectivity index (χ3n) is 3.79. The molecule has 1 N–H and O–H groups in total. The van der Waals surface area contributed by atoms with Gasteiger partial charge in [0.15, 0.2) is 0 Å². The minimum atomic E-state index is -3.32. The predicted molar refractivity (Wildman–Crippen MR) is 86.5 cm³/mol. The monoisotopic (exact) mass is 371 g/mol. The van der Waals surface area contributed by atoms with Crippen LogP contribution < -0.4 is 9.64 Å². The Balaban J connectivity index is 1.80. The van der Waals surface area contributed by atoms with E-state index in [0.717, 1.165) is 18.1 Å². The first-order chi connectivity index (χ1) is 11.8. The van der Waals surface area contributed by atoms with E-state index in [9.17, 15) is 17.9 Å². The third-order valence-corrected chi connectivity index (χ3v) is 4.72. The van der Waals surface area contributed by atoms with Crippen molar-refractivity contribution in [3.05, 3.63) is 29.5 Å². The lowest BCUT2D eigenvalue weighted by molar-refractivity contribution is 0.195. The van der Waals surface area contributed by atoms with E-state index in [4.69, 9.17) is 4.74 Å².